The highest BCUT2D eigenvalue weighted by Crippen LogP contribution is 2.61. The molecule has 5 rings (SSSR count). The van der Waals surface area contributed by atoms with Crippen LogP contribution in [0.1, 0.15) is 71.1 Å². The summed E-state index contributed by atoms with van der Waals surface area (Å²) < 4.78 is 6.26. The predicted molar refractivity (Wildman–Crippen MR) is 86.3 cm³/mol. The van der Waals surface area contributed by atoms with Gasteiger partial charge in [-0.1, -0.05) is 6.92 Å². The zero-order valence-corrected chi connectivity index (χ0v) is 13.8. The first-order chi connectivity index (χ1) is 10.3. The van der Waals surface area contributed by atoms with Crippen molar-refractivity contribution >= 4 is 0 Å². The van der Waals surface area contributed by atoms with Crippen LogP contribution < -0.4 is 5.32 Å². The molecule has 0 aromatic heterocycles. The molecule has 5 aliphatic rings. The Bertz CT molecular complexity index is 327. The molecule has 21 heavy (non-hydrogen) atoms. The molecule has 0 heterocycles. The van der Waals surface area contributed by atoms with Gasteiger partial charge in [-0.15, -0.1) is 0 Å². The fourth-order valence-electron chi connectivity index (χ4n) is 6.14. The quantitative estimate of drug-likeness (QED) is 0.761. The van der Waals surface area contributed by atoms with Crippen LogP contribution in [0.15, 0.2) is 0 Å². The van der Waals surface area contributed by atoms with Crippen molar-refractivity contribution in [1.29, 1.82) is 0 Å². The van der Waals surface area contributed by atoms with E-state index in [1.54, 1.807) is 19.3 Å². The zero-order valence-electron chi connectivity index (χ0n) is 13.8. The largest absolute Gasteiger partial charge is 0.377 e. The van der Waals surface area contributed by atoms with Gasteiger partial charge < -0.3 is 10.1 Å². The first-order valence-electron chi connectivity index (χ1n) is 9.62. The summed E-state index contributed by atoms with van der Waals surface area (Å²) in [5.41, 5.74) is 0.591. The monoisotopic (exact) mass is 291 g/mol. The van der Waals surface area contributed by atoms with Crippen LogP contribution in [0, 0.1) is 23.2 Å². The molecule has 2 heteroatoms. The molecule has 4 bridgehead atoms. The van der Waals surface area contributed by atoms with E-state index in [4.69, 9.17) is 4.74 Å². The second-order valence-corrected chi connectivity index (χ2v) is 8.67. The van der Waals surface area contributed by atoms with Crippen LogP contribution >= 0.6 is 0 Å². The first-order valence-corrected chi connectivity index (χ1v) is 9.62. The Balaban J connectivity index is 1.45. The SMILES string of the molecule is CCCNC(COC1CCC1)C12CC3CC(CC(C3)C1)C2. The van der Waals surface area contributed by atoms with Crippen molar-refractivity contribution in [3.8, 4) is 0 Å². The van der Waals surface area contributed by atoms with E-state index in [2.05, 4.69) is 12.2 Å². The lowest BCUT2D eigenvalue weighted by Crippen LogP contribution is -2.58. The van der Waals surface area contributed by atoms with Crippen LogP contribution in [0.5, 0.6) is 0 Å². The van der Waals surface area contributed by atoms with Gasteiger partial charge in [0.1, 0.15) is 0 Å². The molecule has 0 aromatic carbocycles. The van der Waals surface area contributed by atoms with Gasteiger partial charge in [0, 0.05) is 6.04 Å². The summed E-state index contributed by atoms with van der Waals surface area (Å²) in [5, 5.41) is 3.90. The minimum Gasteiger partial charge on any atom is -0.377 e. The Morgan fingerprint density at radius 3 is 2.14 bits per heavy atom. The van der Waals surface area contributed by atoms with Crippen LogP contribution in [0.3, 0.4) is 0 Å². The summed E-state index contributed by atoms with van der Waals surface area (Å²) in [7, 11) is 0. The van der Waals surface area contributed by atoms with E-state index in [1.165, 1.54) is 51.5 Å². The summed E-state index contributed by atoms with van der Waals surface area (Å²) >= 11 is 0. The van der Waals surface area contributed by atoms with Gasteiger partial charge in [0.05, 0.1) is 12.7 Å². The van der Waals surface area contributed by atoms with Crippen LogP contribution in [-0.2, 0) is 4.74 Å². The number of rotatable bonds is 7. The highest BCUT2D eigenvalue weighted by Gasteiger charge is 2.54. The van der Waals surface area contributed by atoms with Gasteiger partial charge in [0.15, 0.2) is 0 Å². The Kier molecular flexibility index (Phi) is 4.04. The van der Waals surface area contributed by atoms with Crippen molar-refractivity contribution < 1.29 is 4.74 Å². The first kappa shape index (κ1) is 14.5. The van der Waals surface area contributed by atoms with Gasteiger partial charge >= 0.3 is 0 Å². The molecule has 5 aliphatic carbocycles. The Labute approximate surface area is 130 Å². The average Bonchev–Trinajstić information content (AvgIpc) is 2.38. The molecule has 0 radical (unpaired) electrons. The fourth-order valence-corrected chi connectivity index (χ4v) is 6.14. The van der Waals surface area contributed by atoms with Gasteiger partial charge in [0.2, 0.25) is 0 Å². The number of nitrogens with one attached hydrogen (secondary N) is 1. The molecule has 1 unspecified atom stereocenters. The predicted octanol–water partition coefficient (Wildman–Crippen LogP) is 4.14. The van der Waals surface area contributed by atoms with Gasteiger partial charge in [0.25, 0.3) is 0 Å². The van der Waals surface area contributed by atoms with Gasteiger partial charge in [-0.25, -0.2) is 0 Å². The second-order valence-electron chi connectivity index (χ2n) is 8.67. The van der Waals surface area contributed by atoms with Gasteiger partial charge in [-0.3, -0.25) is 0 Å². The summed E-state index contributed by atoms with van der Waals surface area (Å²) in [6.45, 7) is 4.44. The lowest BCUT2D eigenvalue weighted by atomic mass is 9.47. The molecular formula is C19H33NO. The van der Waals surface area contributed by atoms with Crippen LogP contribution in [0.4, 0.5) is 0 Å². The molecule has 1 N–H and O–H groups in total. The Morgan fingerprint density at radius 1 is 1.05 bits per heavy atom. The van der Waals surface area contributed by atoms with E-state index >= 15 is 0 Å². The maximum absolute atomic E-state index is 6.26. The molecule has 0 spiro atoms. The van der Waals surface area contributed by atoms with Crippen LogP contribution in [0.2, 0.25) is 0 Å². The summed E-state index contributed by atoms with van der Waals surface area (Å²) in [6, 6.07) is 0.631. The normalized spacial score (nSPS) is 43.0. The smallest absolute Gasteiger partial charge is 0.0628 e. The molecule has 5 fully saturated rings. The molecule has 0 amide bonds. The third-order valence-electron chi connectivity index (χ3n) is 7.02. The second kappa shape index (κ2) is 5.85. The minimum absolute atomic E-state index is 0.588. The lowest BCUT2D eigenvalue weighted by molar-refractivity contribution is -0.102. The standard InChI is InChI=1S/C19H33NO/c1-2-6-20-18(13-21-17-4-3-5-17)19-10-14-7-15(11-19)9-16(8-14)12-19/h14-18,20H,2-13H2,1H3. The van der Waals surface area contributed by atoms with E-state index in [0.29, 0.717) is 17.6 Å². The van der Waals surface area contributed by atoms with Crippen molar-refractivity contribution in [2.45, 2.75) is 83.3 Å². The molecule has 120 valence electrons. The number of hydrogen-bond acceptors (Lipinski definition) is 2. The molecular weight excluding hydrogens is 258 g/mol. The third kappa shape index (κ3) is 2.79. The van der Waals surface area contributed by atoms with Crippen molar-refractivity contribution in [3.05, 3.63) is 0 Å². The van der Waals surface area contributed by atoms with E-state index in [9.17, 15) is 0 Å². The summed E-state index contributed by atoms with van der Waals surface area (Å²) in [5.74, 6) is 3.14. The van der Waals surface area contributed by atoms with Gasteiger partial charge in [-0.05, 0) is 93.9 Å². The molecule has 1 atom stereocenters. The van der Waals surface area contributed by atoms with Crippen molar-refractivity contribution in [3.63, 3.8) is 0 Å². The van der Waals surface area contributed by atoms with E-state index in [-0.39, 0.29) is 0 Å². The molecule has 0 aromatic rings. The topological polar surface area (TPSA) is 21.3 Å². The zero-order chi connectivity index (χ0) is 14.3. The summed E-state index contributed by atoms with van der Waals surface area (Å²) in [4.78, 5) is 0. The highest BCUT2D eigenvalue weighted by atomic mass is 16.5. The Hall–Kier alpha value is -0.0800. The van der Waals surface area contributed by atoms with Crippen LogP contribution in [0.25, 0.3) is 0 Å². The Morgan fingerprint density at radius 2 is 1.67 bits per heavy atom. The molecule has 5 saturated carbocycles. The van der Waals surface area contributed by atoms with Crippen LogP contribution in [-0.4, -0.2) is 25.3 Å². The third-order valence-corrected chi connectivity index (χ3v) is 7.02. The fraction of sp³-hybridized carbons (Fsp3) is 1.00. The van der Waals surface area contributed by atoms with Gasteiger partial charge in [-0.2, -0.15) is 0 Å². The summed E-state index contributed by atoms with van der Waals surface area (Å²) in [6.07, 6.45) is 14.9. The minimum atomic E-state index is 0.588. The average molecular weight is 291 g/mol. The van der Waals surface area contributed by atoms with Crippen molar-refractivity contribution in [1.82, 2.24) is 5.32 Å². The molecule has 0 aliphatic heterocycles. The number of ether oxygens (including phenoxy) is 1. The van der Waals surface area contributed by atoms with E-state index in [1.807, 2.05) is 0 Å². The molecule has 0 saturated heterocycles. The molecule has 2 nitrogen and oxygen atoms in total. The maximum atomic E-state index is 6.26. The number of hydrogen-bond donors (Lipinski definition) is 1. The van der Waals surface area contributed by atoms with E-state index in [0.717, 1.165) is 24.4 Å². The lowest BCUT2D eigenvalue weighted by Gasteiger charge is -2.59. The van der Waals surface area contributed by atoms with Crippen molar-refractivity contribution in [2.75, 3.05) is 13.2 Å². The van der Waals surface area contributed by atoms with Crippen molar-refractivity contribution in [2.24, 2.45) is 23.2 Å². The van der Waals surface area contributed by atoms with E-state index < -0.39 is 0 Å². The maximum Gasteiger partial charge on any atom is 0.0628 e. The highest BCUT2D eigenvalue weighted by molar-refractivity contribution is 5.06.